The van der Waals surface area contributed by atoms with E-state index in [-0.39, 0.29) is 5.75 Å². The number of anilines is 1. The Morgan fingerprint density at radius 2 is 2.12 bits per heavy atom. The Bertz CT molecular complexity index is 442. The van der Waals surface area contributed by atoms with E-state index in [9.17, 15) is 5.11 Å². The highest BCUT2D eigenvalue weighted by Gasteiger charge is 1.99. The molecule has 0 atom stereocenters. The highest BCUT2D eigenvalue weighted by molar-refractivity contribution is 7.98. The molecule has 2 rings (SSSR count). The van der Waals surface area contributed by atoms with Crippen molar-refractivity contribution in [3.63, 3.8) is 0 Å². The molecule has 0 saturated carbocycles. The highest BCUT2D eigenvalue weighted by Crippen LogP contribution is 2.25. The number of nitrogen functional groups attached to an aromatic ring is 1. The number of aromatic nitrogens is 1. The Balaban J connectivity index is 2.02. The molecule has 0 aliphatic heterocycles. The van der Waals surface area contributed by atoms with Gasteiger partial charge in [-0.25, -0.2) is 0 Å². The quantitative estimate of drug-likeness (QED) is 0.799. The second kappa shape index (κ2) is 4.90. The van der Waals surface area contributed by atoms with Crippen LogP contribution in [0.15, 0.2) is 47.5 Å². The van der Waals surface area contributed by atoms with Crippen LogP contribution in [0.4, 0.5) is 5.69 Å². The number of phenols is 1. The van der Waals surface area contributed by atoms with Gasteiger partial charge in [0, 0.05) is 22.5 Å². The number of nitrogens with two attached hydrogens (primary N) is 1. The molecule has 0 amide bonds. The maximum Gasteiger partial charge on any atom is 0.116 e. The molecule has 0 unspecified atom stereocenters. The van der Waals surface area contributed by atoms with E-state index in [1.165, 1.54) is 0 Å². The zero-order valence-electron chi connectivity index (χ0n) is 8.63. The van der Waals surface area contributed by atoms with Gasteiger partial charge < -0.3 is 10.8 Å². The zero-order chi connectivity index (χ0) is 11.4. The van der Waals surface area contributed by atoms with Crippen LogP contribution in [-0.4, -0.2) is 10.1 Å². The Labute approximate surface area is 98.3 Å². The number of hydrogen-bond acceptors (Lipinski definition) is 4. The standard InChI is InChI=1S/C12H12N2OS/c13-9-4-5-14-10(6-9)8-16-12-3-1-2-11(15)7-12/h1-7,15H,8H2,(H2,13,14). The van der Waals surface area contributed by atoms with Gasteiger partial charge in [-0.3, -0.25) is 4.98 Å². The predicted molar refractivity (Wildman–Crippen MR) is 66.3 cm³/mol. The Kier molecular flexibility index (Phi) is 3.31. The lowest BCUT2D eigenvalue weighted by molar-refractivity contribution is 0.474. The van der Waals surface area contributed by atoms with Gasteiger partial charge in [-0.1, -0.05) is 6.07 Å². The monoisotopic (exact) mass is 232 g/mol. The van der Waals surface area contributed by atoms with E-state index < -0.39 is 0 Å². The lowest BCUT2D eigenvalue weighted by Crippen LogP contribution is -1.90. The fraction of sp³-hybridized carbons (Fsp3) is 0.0833. The largest absolute Gasteiger partial charge is 0.508 e. The fourth-order valence-corrected chi connectivity index (χ4v) is 2.16. The average Bonchev–Trinajstić information content (AvgIpc) is 2.27. The molecule has 0 fully saturated rings. The van der Waals surface area contributed by atoms with Crippen LogP contribution >= 0.6 is 11.8 Å². The van der Waals surface area contributed by atoms with Crippen LogP contribution in [0.1, 0.15) is 5.69 Å². The van der Waals surface area contributed by atoms with Crippen molar-refractivity contribution in [3.05, 3.63) is 48.3 Å². The lowest BCUT2D eigenvalue weighted by atomic mass is 10.3. The van der Waals surface area contributed by atoms with Gasteiger partial charge in [0.25, 0.3) is 0 Å². The molecule has 1 heterocycles. The third-order valence-corrected chi connectivity index (χ3v) is 3.07. The molecule has 0 saturated heterocycles. The second-order valence-corrected chi connectivity index (χ2v) is 4.42. The molecule has 0 radical (unpaired) electrons. The summed E-state index contributed by atoms with van der Waals surface area (Å²) in [4.78, 5) is 5.23. The van der Waals surface area contributed by atoms with Gasteiger partial charge in [-0.2, -0.15) is 0 Å². The first-order chi connectivity index (χ1) is 7.74. The van der Waals surface area contributed by atoms with Crippen LogP contribution in [0.25, 0.3) is 0 Å². The van der Waals surface area contributed by atoms with Gasteiger partial charge in [-0.15, -0.1) is 11.8 Å². The van der Waals surface area contributed by atoms with Crippen molar-refractivity contribution in [1.29, 1.82) is 0 Å². The number of nitrogens with zero attached hydrogens (tertiary/aromatic N) is 1. The molecule has 0 spiro atoms. The Hall–Kier alpha value is -1.68. The van der Waals surface area contributed by atoms with E-state index in [4.69, 9.17) is 5.73 Å². The Morgan fingerprint density at radius 1 is 1.25 bits per heavy atom. The summed E-state index contributed by atoms with van der Waals surface area (Å²) in [6.07, 6.45) is 1.70. The van der Waals surface area contributed by atoms with Crippen LogP contribution in [0, 0.1) is 0 Å². The average molecular weight is 232 g/mol. The van der Waals surface area contributed by atoms with E-state index in [1.54, 1.807) is 36.2 Å². The summed E-state index contributed by atoms with van der Waals surface area (Å²) in [6, 6.07) is 10.8. The molecule has 16 heavy (non-hydrogen) atoms. The van der Waals surface area contributed by atoms with Crippen molar-refractivity contribution in [2.24, 2.45) is 0 Å². The second-order valence-electron chi connectivity index (χ2n) is 3.37. The topological polar surface area (TPSA) is 59.1 Å². The summed E-state index contributed by atoms with van der Waals surface area (Å²) in [7, 11) is 0. The van der Waals surface area contributed by atoms with Crippen LogP contribution in [0.5, 0.6) is 5.75 Å². The predicted octanol–water partition coefficient (Wildman–Crippen LogP) is 2.66. The molecule has 0 bridgehead atoms. The van der Waals surface area contributed by atoms with Gasteiger partial charge >= 0.3 is 0 Å². The fourth-order valence-electron chi connectivity index (χ4n) is 1.31. The smallest absolute Gasteiger partial charge is 0.116 e. The van der Waals surface area contributed by atoms with E-state index in [2.05, 4.69) is 4.98 Å². The zero-order valence-corrected chi connectivity index (χ0v) is 9.45. The number of rotatable bonds is 3. The molecular weight excluding hydrogens is 220 g/mol. The van der Waals surface area contributed by atoms with Gasteiger partial charge in [0.05, 0.1) is 5.69 Å². The summed E-state index contributed by atoms with van der Waals surface area (Å²) in [6.45, 7) is 0. The number of hydrogen-bond donors (Lipinski definition) is 2. The molecule has 4 heteroatoms. The summed E-state index contributed by atoms with van der Waals surface area (Å²) < 4.78 is 0. The third-order valence-electron chi connectivity index (χ3n) is 2.04. The number of phenolic OH excluding ortho intramolecular Hbond substituents is 1. The summed E-state index contributed by atoms with van der Waals surface area (Å²) in [5.74, 6) is 1.03. The first kappa shape index (κ1) is 10.8. The van der Waals surface area contributed by atoms with Gasteiger partial charge in [0.15, 0.2) is 0 Å². The van der Waals surface area contributed by atoms with Crippen molar-refractivity contribution in [2.75, 3.05) is 5.73 Å². The SMILES string of the molecule is Nc1ccnc(CSc2cccc(O)c2)c1. The molecule has 1 aromatic carbocycles. The molecule has 2 aromatic rings. The number of aromatic hydroxyl groups is 1. The summed E-state index contributed by atoms with van der Waals surface area (Å²) >= 11 is 1.62. The van der Waals surface area contributed by atoms with Crippen molar-refractivity contribution in [1.82, 2.24) is 4.98 Å². The van der Waals surface area contributed by atoms with E-state index in [0.29, 0.717) is 0 Å². The molecule has 1 aromatic heterocycles. The molecule has 0 aliphatic rings. The van der Waals surface area contributed by atoms with Crippen molar-refractivity contribution >= 4 is 17.4 Å². The van der Waals surface area contributed by atoms with Crippen molar-refractivity contribution in [2.45, 2.75) is 10.6 Å². The summed E-state index contributed by atoms with van der Waals surface area (Å²) in [5, 5.41) is 9.31. The van der Waals surface area contributed by atoms with Crippen LogP contribution in [0.2, 0.25) is 0 Å². The van der Waals surface area contributed by atoms with E-state index in [1.807, 2.05) is 18.2 Å². The maximum absolute atomic E-state index is 9.31. The van der Waals surface area contributed by atoms with Crippen molar-refractivity contribution < 1.29 is 5.11 Å². The minimum atomic E-state index is 0.283. The summed E-state index contributed by atoms with van der Waals surface area (Å²) in [5.41, 5.74) is 7.32. The van der Waals surface area contributed by atoms with E-state index >= 15 is 0 Å². The Morgan fingerprint density at radius 3 is 2.88 bits per heavy atom. The van der Waals surface area contributed by atoms with Crippen molar-refractivity contribution in [3.8, 4) is 5.75 Å². The molecule has 82 valence electrons. The minimum Gasteiger partial charge on any atom is -0.508 e. The first-order valence-corrected chi connectivity index (χ1v) is 5.85. The minimum absolute atomic E-state index is 0.283. The molecule has 3 N–H and O–H groups in total. The highest BCUT2D eigenvalue weighted by atomic mass is 32.2. The molecular formula is C12H12N2OS. The lowest BCUT2D eigenvalue weighted by Gasteiger charge is -2.02. The third kappa shape index (κ3) is 2.90. The molecule has 0 aliphatic carbocycles. The van der Waals surface area contributed by atoms with Crippen LogP contribution in [0.3, 0.4) is 0 Å². The number of thioether (sulfide) groups is 1. The van der Waals surface area contributed by atoms with Gasteiger partial charge in [-0.05, 0) is 30.3 Å². The number of benzene rings is 1. The molecule has 3 nitrogen and oxygen atoms in total. The first-order valence-electron chi connectivity index (χ1n) is 4.86. The van der Waals surface area contributed by atoms with Gasteiger partial charge in [0.2, 0.25) is 0 Å². The normalized spacial score (nSPS) is 10.2. The maximum atomic E-state index is 9.31. The van der Waals surface area contributed by atoms with Gasteiger partial charge in [0.1, 0.15) is 5.75 Å². The van der Waals surface area contributed by atoms with E-state index in [0.717, 1.165) is 22.0 Å². The van der Waals surface area contributed by atoms with Crippen LogP contribution < -0.4 is 5.73 Å². The van der Waals surface area contributed by atoms with Crippen LogP contribution in [-0.2, 0) is 5.75 Å². The number of pyridine rings is 1.